The maximum Gasteiger partial charge on any atom is 0.311 e. The lowest BCUT2D eigenvalue weighted by Gasteiger charge is -2.28. The summed E-state index contributed by atoms with van der Waals surface area (Å²) in [5.41, 5.74) is -1.76. The van der Waals surface area contributed by atoms with Gasteiger partial charge in [0.1, 0.15) is 0 Å². The molecule has 1 aromatic rings. The van der Waals surface area contributed by atoms with Crippen LogP contribution in [0.4, 0.5) is 5.69 Å². The first kappa shape index (κ1) is 15.9. The third-order valence-electron chi connectivity index (χ3n) is 2.69. The van der Waals surface area contributed by atoms with Crippen molar-refractivity contribution >= 4 is 11.6 Å². The third-order valence-corrected chi connectivity index (χ3v) is 2.69. The zero-order chi connectivity index (χ0) is 15.5. The third kappa shape index (κ3) is 3.67. The van der Waals surface area contributed by atoms with Crippen molar-refractivity contribution in [1.29, 1.82) is 0 Å². The van der Waals surface area contributed by atoms with Crippen molar-refractivity contribution in [2.24, 2.45) is 0 Å². The van der Waals surface area contributed by atoms with Gasteiger partial charge in [0.05, 0.1) is 16.1 Å². The number of aliphatic hydroxyl groups is 1. The number of aromatic hydroxyl groups is 1. The Balaban J connectivity index is 3.14. The van der Waals surface area contributed by atoms with Crippen LogP contribution in [-0.2, 0) is 0 Å². The van der Waals surface area contributed by atoms with Crippen molar-refractivity contribution in [3.63, 3.8) is 0 Å². The monoisotopic (exact) mass is 282 g/mol. The number of phenols is 1. The molecule has 1 aromatic carbocycles. The summed E-state index contributed by atoms with van der Waals surface area (Å²) in [5, 5.41) is 30.3. The number of benzene rings is 1. The second kappa shape index (κ2) is 5.87. The van der Waals surface area contributed by atoms with Crippen LogP contribution >= 0.6 is 0 Å². The van der Waals surface area contributed by atoms with E-state index in [4.69, 9.17) is 0 Å². The van der Waals surface area contributed by atoms with Crippen LogP contribution in [0, 0.1) is 10.1 Å². The van der Waals surface area contributed by atoms with Crippen LogP contribution in [0.15, 0.2) is 18.2 Å². The van der Waals surface area contributed by atoms with Crippen molar-refractivity contribution < 1.29 is 19.9 Å². The zero-order valence-electron chi connectivity index (χ0n) is 11.7. The number of para-hydroxylation sites is 1. The molecule has 0 unspecified atom stereocenters. The van der Waals surface area contributed by atoms with E-state index in [-0.39, 0.29) is 12.1 Å². The summed E-state index contributed by atoms with van der Waals surface area (Å²) in [5.74, 6) is -1.22. The Bertz CT molecular complexity index is 522. The minimum Gasteiger partial charge on any atom is -0.502 e. The summed E-state index contributed by atoms with van der Waals surface area (Å²) in [4.78, 5) is 23.6. The Hall–Kier alpha value is -2.15. The molecule has 0 atom stereocenters. The summed E-state index contributed by atoms with van der Waals surface area (Å²) in [6.07, 6.45) is 0. The highest BCUT2D eigenvalue weighted by Gasteiger charge is 2.27. The van der Waals surface area contributed by atoms with E-state index in [0.717, 1.165) is 6.07 Å². The normalized spacial score (nSPS) is 11.2. The van der Waals surface area contributed by atoms with E-state index in [1.807, 2.05) is 0 Å². The van der Waals surface area contributed by atoms with Crippen molar-refractivity contribution in [2.45, 2.75) is 26.4 Å². The lowest BCUT2D eigenvalue weighted by molar-refractivity contribution is -0.385. The molecular weight excluding hydrogens is 264 g/mol. The first-order chi connectivity index (χ1) is 9.17. The molecule has 0 saturated heterocycles. The van der Waals surface area contributed by atoms with E-state index < -0.39 is 27.9 Å². The Kier molecular flexibility index (Phi) is 4.67. The molecule has 0 aliphatic heterocycles. The number of phenolic OH excluding ortho intramolecular Hbond substituents is 1. The Morgan fingerprint density at radius 3 is 2.50 bits per heavy atom. The Morgan fingerprint density at radius 1 is 1.45 bits per heavy atom. The minimum atomic E-state index is -1.10. The van der Waals surface area contributed by atoms with Crippen LogP contribution in [0.5, 0.6) is 5.75 Å². The van der Waals surface area contributed by atoms with E-state index in [2.05, 4.69) is 0 Å². The highest BCUT2D eigenvalue weighted by atomic mass is 16.6. The topological polar surface area (TPSA) is 104 Å². The molecule has 0 saturated carbocycles. The number of carbonyl (C=O) groups excluding carboxylic acids is 1. The molecule has 20 heavy (non-hydrogen) atoms. The van der Waals surface area contributed by atoms with E-state index in [1.54, 1.807) is 20.8 Å². The molecule has 7 nitrogen and oxygen atoms in total. The molecule has 1 amide bonds. The van der Waals surface area contributed by atoms with Gasteiger partial charge >= 0.3 is 5.69 Å². The van der Waals surface area contributed by atoms with Gasteiger partial charge < -0.3 is 15.1 Å². The van der Waals surface area contributed by atoms with Crippen LogP contribution in [-0.4, -0.2) is 44.6 Å². The molecule has 0 radical (unpaired) electrons. The number of nitrogens with zero attached hydrogens (tertiary/aromatic N) is 2. The average Bonchev–Trinajstić information content (AvgIpc) is 2.34. The average molecular weight is 282 g/mol. The summed E-state index contributed by atoms with van der Waals surface area (Å²) in [7, 11) is 0. The first-order valence-electron chi connectivity index (χ1n) is 6.15. The summed E-state index contributed by atoms with van der Waals surface area (Å²) in [6.45, 7) is 5.19. The van der Waals surface area contributed by atoms with Gasteiger partial charge in [-0.15, -0.1) is 0 Å². The van der Waals surface area contributed by atoms with Gasteiger partial charge in [0, 0.05) is 19.2 Å². The Labute approximate surface area is 116 Å². The lowest BCUT2D eigenvalue weighted by atomic mass is 10.1. The van der Waals surface area contributed by atoms with Crippen molar-refractivity contribution in [3.8, 4) is 5.75 Å². The highest BCUT2D eigenvalue weighted by molar-refractivity contribution is 5.98. The number of hydrogen-bond donors (Lipinski definition) is 2. The molecule has 110 valence electrons. The van der Waals surface area contributed by atoms with Gasteiger partial charge in [-0.05, 0) is 26.8 Å². The van der Waals surface area contributed by atoms with Crippen molar-refractivity contribution in [2.75, 3.05) is 13.1 Å². The van der Waals surface area contributed by atoms with Gasteiger partial charge in [-0.25, -0.2) is 0 Å². The van der Waals surface area contributed by atoms with Crippen molar-refractivity contribution in [3.05, 3.63) is 33.9 Å². The van der Waals surface area contributed by atoms with Gasteiger partial charge in [-0.3, -0.25) is 14.9 Å². The van der Waals surface area contributed by atoms with Crippen LogP contribution in [0.3, 0.4) is 0 Å². The van der Waals surface area contributed by atoms with Gasteiger partial charge in [-0.2, -0.15) is 0 Å². The number of hydrogen-bond acceptors (Lipinski definition) is 5. The molecule has 0 aliphatic carbocycles. The fourth-order valence-corrected chi connectivity index (χ4v) is 1.82. The number of nitro benzene ring substituents is 1. The predicted molar refractivity (Wildman–Crippen MR) is 72.6 cm³/mol. The number of amides is 1. The van der Waals surface area contributed by atoms with Crippen LogP contribution in [0.25, 0.3) is 0 Å². The minimum absolute atomic E-state index is 0.0600. The van der Waals surface area contributed by atoms with E-state index in [0.29, 0.717) is 6.54 Å². The fraction of sp³-hybridized carbons (Fsp3) is 0.462. The second-order valence-corrected chi connectivity index (χ2v) is 5.06. The molecule has 0 heterocycles. The largest absolute Gasteiger partial charge is 0.502 e. The molecule has 0 aliphatic rings. The lowest BCUT2D eigenvalue weighted by Crippen LogP contribution is -2.42. The second-order valence-electron chi connectivity index (χ2n) is 5.06. The summed E-state index contributed by atoms with van der Waals surface area (Å²) < 4.78 is 0. The number of carbonyl (C=O) groups is 1. The van der Waals surface area contributed by atoms with Crippen LogP contribution < -0.4 is 0 Å². The summed E-state index contributed by atoms with van der Waals surface area (Å²) >= 11 is 0. The Morgan fingerprint density at radius 2 is 2.05 bits per heavy atom. The number of rotatable bonds is 5. The van der Waals surface area contributed by atoms with E-state index in [9.17, 15) is 25.1 Å². The molecule has 0 bridgehead atoms. The molecule has 7 heteroatoms. The zero-order valence-corrected chi connectivity index (χ0v) is 11.7. The summed E-state index contributed by atoms with van der Waals surface area (Å²) in [6, 6.07) is 3.78. The molecule has 1 rings (SSSR count). The molecule has 2 N–H and O–H groups in total. The van der Waals surface area contributed by atoms with Crippen molar-refractivity contribution in [1.82, 2.24) is 4.90 Å². The van der Waals surface area contributed by atoms with E-state index in [1.165, 1.54) is 17.0 Å². The van der Waals surface area contributed by atoms with Crippen LogP contribution in [0.2, 0.25) is 0 Å². The van der Waals surface area contributed by atoms with Gasteiger partial charge in [0.2, 0.25) is 5.75 Å². The molecule has 0 fully saturated rings. The predicted octanol–water partition coefficient (Wildman–Crippen LogP) is 1.53. The molecule has 0 spiro atoms. The van der Waals surface area contributed by atoms with Gasteiger partial charge in [-0.1, -0.05) is 6.07 Å². The maximum atomic E-state index is 12.3. The SMILES string of the molecule is CCN(CC(C)(C)O)C(=O)c1cccc([N+](=O)[O-])c1O. The maximum absolute atomic E-state index is 12.3. The number of likely N-dealkylation sites (N-methyl/N-ethyl adjacent to an activating group) is 1. The smallest absolute Gasteiger partial charge is 0.311 e. The van der Waals surface area contributed by atoms with Gasteiger partial charge in [0.25, 0.3) is 5.91 Å². The van der Waals surface area contributed by atoms with Crippen LogP contribution in [0.1, 0.15) is 31.1 Å². The fourth-order valence-electron chi connectivity index (χ4n) is 1.82. The molecular formula is C13H18N2O5. The van der Waals surface area contributed by atoms with E-state index >= 15 is 0 Å². The number of nitro groups is 1. The first-order valence-corrected chi connectivity index (χ1v) is 6.15. The standard InChI is InChI=1S/C13H18N2O5/c1-4-14(8-13(2,3)18)12(17)9-6-5-7-10(11(9)16)15(19)20/h5-7,16,18H,4,8H2,1-3H3. The quantitative estimate of drug-likeness (QED) is 0.629. The van der Waals surface area contributed by atoms with Gasteiger partial charge in [0.15, 0.2) is 0 Å². The molecule has 0 aromatic heterocycles. The highest BCUT2D eigenvalue weighted by Crippen LogP contribution is 2.30.